The van der Waals surface area contributed by atoms with E-state index in [2.05, 4.69) is 19.2 Å². The molecule has 1 rings (SSSR count). The molecule has 1 aliphatic carbocycles. The van der Waals surface area contributed by atoms with Crippen LogP contribution in [0.5, 0.6) is 0 Å². The Hall–Kier alpha value is -0.570. The first-order chi connectivity index (χ1) is 7.54. The van der Waals surface area contributed by atoms with Gasteiger partial charge in [0, 0.05) is 13.5 Å². The maximum Gasteiger partial charge on any atom is 0.303 e. The molecule has 0 radical (unpaired) electrons. The van der Waals surface area contributed by atoms with Crippen molar-refractivity contribution in [3.8, 4) is 0 Å². The third-order valence-electron chi connectivity index (χ3n) is 3.12. The lowest BCUT2D eigenvalue weighted by Gasteiger charge is -2.36. The fourth-order valence-corrected chi connectivity index (χ4v) is 2.40. The molecule has 16 heavy (non-hydrogen) atoms. The zero-order valence-corrected chi connectivity index (χ0v) is 10.8. The van der Waals surface area contributed by atoms with Gasteiger partial charge in [-0.3, -0.25) is 4.79 Å². The van der Waals surface area contributed by atoms with Crippen molar-refractivity contribution < 1.29 is 9.53 Å². The van der Waals surface area contributed by atoms with E-state index in [0.29, 0.717) is 5.92 Å². The van der Waals surface area contributed by atoms with Gasteiger partial charge in [0.15, 0.2) is 0 Å². The summed E-state index contributed by atoms with van der Waals surface area (Å²) in [5.74, 6) is 0.492. The molecule has 0 aromatic carbocycles. The Morgan fingerprint density at radius 1 is 1.31 bits per heavy atom. The van der Waals surface area contributed by atoms with Gasteiger partial charge in [0.2, 0.25) is 0 Å². The van der Waals surface area contributed by atoms with E-state index in [4.69, 9.17) is 4.74 Å². The van der Waals surface area contributed by atoms with Crippen LogP contribution in [0.2, 0.25) is 0 Å². The molecule has 3 nitrogen and oxygen atoms in total. The number of hydrogen-bond donors (Lipinski definition) is 1. The highest BCUT2D eigenvalue weighted by atomic mass is 16.6. The van der Waals surface area contributed by atoms with Crippen molar-refractivity contribution in [1.82, 2.24) is 5.32 Å². The molecule has 94 valence electrons. The van der Waals surface area contributed by atoms with Crippen molar-refractivity contribution in [3.63, 3.8) is 0 Å². The van der Waals surface area contributed by atoms with Crippen LogP contribution >= 0.6 is 0 Å². The molecule has 1 saturated carbocycles. The Kier molecular flexibility index (Phi) is 5.26. The largest absolute Gasteiger partial charge is 0.458 e. The minimum atomic E-state index is -0.223. The van der Waals surface area contributed by atoms with Gasteiger partial charge in [-0.15, -0.1) is 0 Å². The van der Waals surface area contributed by atoms with Crippen LogP contribution in [-0.4, -0.2) is 24.7 Å². The van der Waals surface area contributed by atoms with E-state index in [1.54, 1.807) is 0 Å². The first kappa shape index (κ1) is 13.5. The summed E-state index contributed by atoms with van der Waals surface area (Å²) in [4.78, 5) is 11.2. The van der Waals surface area contributed by atoms with Crippen molar-refractivity contribution >= 4 is 5.97 Å². The predicted molar refractivity (Wildman–Crippen MR) is 65.3 cm³/mol. The van der Waals surface area contributed by atoms with E-state index in [1.807, 2.05) is 0 Å². The van der Waals surface area contributed by atoms with Crippen molar-refractivity contribution in [2.75, 3.05) is 13.1 Å². The van der Waals surface area contributed by atoms with Gasteiger partial charge in [-0.1, -0.05) is 20.3 Å². The topological polar surface area (TPSA) is 38.3 Å². The molecule has 3 heteroatoms. The van der Waals surface area contributed by atoms with Crippen molar-refractivity contribution in [2.24, 2.45) is 5.92 Å². The second-order valence-electron chi connectivity index (χ2n) is 5.36. The van der Waals surface area contributed by atoms with E-state index in [-0.39, 0.29) is 11.6 Å². The first-order valence-electron chi connectivity index (χ1n) is 6.44. The number of carbonyl (C=O) groups excluding carboxylic acids is 1. The molecule has 0 amide bonds. The third-order valence-corrected chi connectivity index (χ3v) is 3.12. The zero-order chi connectivity index (χ0) is 12.0. The summed E-state index contributed by atoms with van der Waals surface area (Å²) >= 11 is 0. The minimum Gasteiger partial charge on any atom is -0.458 e. The number of rotatable bonds is 5. The summed E-state index contributed by atoms with van der Waals surface area (Å²) in [5, 5.41) is 3.42. The standard InChI is InChI=1S/C13H25NO2/c1-11(2)9-14-10-13(16-12(3)15)7-5-4-6-8-13/h11,14H,4-10H2,1-3H3. The molecule has 0 heterocycles. The molecule has 1 fully saturated rings. The van der Waals surface area contributed by atoms with Crippen LogP contribution in [0.3, 0.4) is 0 Å². The van der Waals surface area contributed by atoms with E-state index in [0.717, 1.165) is 25.9 Å². The summed E-state index contributed by atoms with van der Waals surface area (Å²) in [6, 6.07) is 0. The fourth-order valence-electron chi connectivity index (χ4n) is 2.40. The van der Waals surface area contributed by atoms with Gasteiger partial charge < -0.3 is 10.1 Å². The lowest BCUT2D eigenvalue weighted by Crippen LogP contribution is -2.46. The van der Waals surface area contributed by atoms with Gasteiger partial charge in [0.05, 0.1) is 0 Å². The van der Waals surface area contributed by atoms with Gasteiger partial charge in [0.25, 0.3) is 0 Å². The van der Waals surface area contributed by atoms with Gasteiger partial charge in [-0.2, -0.15) is 0 Å². The molecular formula is C13H25NO2. The molecule has 0 atom stereocenters. The van der Waals surface area contributed by atoms with Crippen molar-refractivity contribution in [3.05, 3.63) is 0 Å². The van der Waals surface area contributed by atoms with E-state index < -0.39 is 0 Å². The third kappa shape index (κ3) is 4.52. The van der Waals surface area contributed by atoms with Gasteiger partial charge in [-0.05, 0) is 38.1 Å². The quantitative estimate of drug-likeness (QED) is 0.733. The van der Waals surface area contributed by atoms with E-state index in [1.165, 1.54) is 26.2 Å². The average molecular weight is 227 g/mol. The fraction of sp³-hybridized carbons (Fsp3) is 0.923. The van der Waals surface area contributed by atoms with Gasteiger partial charge >= 0.3 is 5.97 Å². The summed E-state index contributed by atoms with van der Waals surface area (Å²) in [5.41, 5.74) is -0.223. The molecule has 0 aromatic rings. The SMILES string of the molecule is CC(=O)OC1(CNCC(C)C)CCCCC1. The Morgan fingerprint density at radius 3 is 2.44 bits per heavy atom. The highest BCUT2D eigenvalue weighted by Gasteiger charge is 2.34. The van der Waals surface area contributed by atoms with Crippen LogP contribution in [0, 0.1) is 5.92 Å². The molecule has 0 aliphatic heterocycles. The Bertz CT molecular complexity index is 220. The van der Waals surface area contributed by atoms with E-state index >= 15 is 0 Å². The van der Waals surface area contributed by atoms with Crippen LogP contribution in [0.15, 0.2) is 0 Å². The molecule has 0 spiro atoms. The number of carbonyl (C=O) groups is 1. The Morgan fingerprint density at radius 2 is 1.94 bits per heavy atom. The maximum atomic E-state index is 11.2. The highest BCUT2D eigenvalue weighted by Crippen LogP contribution is 2.31. The van der Waals surface area contributed by atoms with Crippen LogP contribution in [0.25, 0.3) is 0 Å². The molecule has 0 aromatic heterocycles. The summed E-state index contributed by atoms with van der Waals surface area (Å²) in [6.07, 6.45) is 5.65. The zero-order valence-electron chi connectivity index (χ0n) is 10.8. The number of hydrogen-bond acceptors (Lipinski definition) is 3. The van der Waals surface area contributed by atoms with Crippen LogP contribution in [0.1, 0.15) is 52.9 Å². The molecule has 1 N–H and O–H groups in total. The number of ether oxygens (including phenoxy) is 1. The van der Waals surface area contributed by atoms with Gasteiger partial charge in [-0.25, -0.2) is 0 Å². The van der Waals surface area contributed by atoms with Crippen LogP contribution < -0.4 is 5.32 Å². The highest BCUT2D eigenvalue weighted by molar-refractivity contribution is 5.66. The Labute approximate surface area is 98.9 Å². The van der Waals surface area contributed by atoms with Crippen LogP contribution in [-0.2, 0) is 9.53 Å². The Balaban J connectivity index is 2.45. The monoisotopic (exact) mass is 227 g/mol. The number of nitrogens with one attached hydrogen (secondary N) is 1. The smallest absolute Gasteiger partial charge is 0.303 e. The second kappa shape index (κ2) is 6.24. The first-order valence-corrected chi connectivity index (χ1v) is 6.44. The lowest BCUT2D eigenvalue weighted by atomic mass is 9.84. The number of esters is 1. The second-order valence-corrected chi connectivity index (χ2v) is 5.36. The maximum absolute atomic E-state index is 11.2. The predicted octanol–water partition coefficient (Wildman–Crippen LogP) is 2.50. The molecule has 0 bridgehead atoms. The van der Waals surface area contributed by atoms with Crippen LogP contribution in [0.4, 0.5) is 0 Å². The van der Waals surface area contributed by atoms with Gasteiger partial charge in [0.1, 0.15) is 5.60 Å². The van der Waals surface area contributed by atoms with Crippen molar-refractivity contribution in [1.29, 1.82) is 0 Å². The lowest BCUT2D eigenvalue weighted by molar-refractivity contribution is -0.160. The summed E-state index contributed by atoms with van der Waals surface area (Å²) in [6.45, 7) is 7.69. The molecular weight excluding hydrogens is 202 g/mol. The summed E-state index contributed by atoms with van der Waals surface area (Å²) in [7, 11) is 0. The molecule has 1 aliphatic rings. The van der Waals surface area contributed by atoms with Crippen molar-refractivity contribution in [2.45, 2.75) is 58.5 Å². The summed E-state index contributed by atoms with van der Waals surface area (Å²) < 4.78 is 5.56. The molecule has 0 unspecified atom stereocenters. The minimum absolute atomic E-state index is 0.145. The van der Waals surface area contributed by atoms with E-state index in [9.17, 15) is 4.79 Å². The molecule has 0 saturated heterocycles. The normalized spacial score (nSPS) is 19.8. The average Bonchev–Trinajstić information content (AvgIpc) is 2.17.